The van der Waals surface area contributed by atoms with Gasteiger partial charge in [-0.15, -0.1) is 0 Å². The molecule has 4 nitrogen and oxygen atoms in total. The number of aromatic nitrogens is 1. The SMILES string of the molecule is COc1cccc(COc2ccc(Br)c(CN)c2)n1. The van der Waals surface area contributed by atoms with Crippen LogP contribution in [0, 0.1) is 0 Å². The van der Waals surface area contributed by atoms with Crippen LogP contribution in [-0.4, -0.2) is 12.1 Å². The number of nitrogens with zero attached hydrogens (tertiary/aromatic N) is 1. The minimum atomic E-state index is 0.392. The highest BCUT2D eigenvalue weighted by Gasteiger charge is 2.03. The first-order valence-electron chi connectivity index (χ1n) is 5.84. The molecule has 19 heavy (non-hydrogen) atoms. The summed E-state index contributed by atoms with van der Waals surface area (Å²) in [5.74, 6) is 1.35. The molecule has 1 heterocycles. The number of benzene rings is 1. The standard InChI is InChI=1S/C14H15BrN2O2/c1-18-14-4-2-3-11(17-14)9-19-12-5-6-13(15)10(7-12)8-16/h2-7H,8-9,16H2,1H3. The number of ether oxygens (including phenoxy) is 2. The van der Waals surface area contributed by atoms with Crippen LogP contribution < -0.4 is 15.2 Å². The first-order chi connectivity index (χ1) is 9.22. The quantitative estimate of drug-likeness (QED) is 0.919. The van der Waals surface area contributed by atoms with Crippen molar-refractivity contribution in [3.8, 4) is 11.6 Å². The van der Waals surface area contributed by atoms with Gasteiger partial charge in [-0.1, -0.05) is 22.0 Å². The summed E-state index contributed by atoms with van der Waals surface area (Å²) in [5.41, 5.74) is 7.48. The van der Waals surface area contributed by atoms with E-state index in [1.54, 1.807) is 13.2 Å². The predicted octanol–water partition coefficient (Wildman–Crippen LogP) is 2.89. The monoisotopic (exact) mass is 322 g/mol. The summed E-state index contributed by atoms with van der Waals surface area (Å²) < 4.78 is 11.8. The van der Waals surface area contributed by atoms with Gasteiger partial charge in [-0.25, -0.2) is 4.98 Å². The summed E-state index contributed by atoms with van der Waals surface area (Å²) >= 11 is 3.44. The molecule has 0 saturated carbocycles. The molecule has 0 aliphatic rings. The molecule has 0 atom stereocenters. The van der Waals surface area contributed by atoms with Crippen molar-refractivity contribution in [3.05, 3.63) is 52.1 Å². The van der Waals surface area contributed by atoms with Crippen molar-refractivity contribution in [3.63, 3.8) is 0 Å². The Balaban J connectivity index is 2.05. The molecule has 0 radical (unpaired) electrons. The number of hydrogen-bond acceptors (Lipinski definition) is 4. The first-order valence-corrected chi connectivity index (χ1v) is 6.63. The third kappa shape index (κ3) is 3.68. The van der Waals surface area contributed by atoms with Crippen LogP contribution in [0.3, 0.4) is 0 Å². The molecular formula is C14H15BrN2O2. The highest BCUT2D eigenvalue weighted by molar-refractivity contribution is 9.10. The van der Waals surface area contributed by atoms with Gasteiger partial charge in [0.25, 0.3) is 0 Å². The van der Waals surface area contributed by atoms with Crippen molar-refractivity contribution >= 4 is 15.9 Å². The van der Waals surface area contributed by atoms with Gasteiger partial charge in [0.2, 0.25) is 5.88 Å². The second-order valence-electron chi connectivity index (χ2n) is 3.92. The van der Waals surface area contributed by atoms with E-state index in [-0.39, 0.29) is 0 Å². The van der Waals surface area contributed by atoms with Crippen molar-refractivity contribution in [1.82, 2.24) is 4.98 Å². The molecule has 2 N–H and O–H groups in total. The van der Waals surface area contributed by atoms with E-state index in [1.807, 2.05) is 30.3 Å². The zero-order valence-corrected chi connectivity index (χ0v) is 12.2. The Morgan fingerprint density at radius 2 is 2.11 bits per heavy atom. The molecule has 0 unspecified atom stereocenters. The molecule has 0 spiro atoms. The van der Waals surface area contributed by atoms with Gasteiger partial charge in [-0.2, -0.15) is 0 Å². The number of pyridine rings is 1. The maximum absolute atomic E-state index is 5.69. The summed E-state index contributed by atoms with van der Waals surface area (Å²) in [6.45, 7) is 0.859. The lowest BCUT2D eigenvalue weighted by atomic mass is 10.2. The van der Waals surface area contributed by atoms with Crippen molar-refractivity contribution < 1.29 is 9.47 Å². The molecule has 2 aromatic rings. The lowest BCUT2D eigenvalue weighted by molar-refractivity contribution is 0.297. The van der Waals surface area contributed by atoms with Crippen LogP contribution in [0.4, 0.5) is 0 Å². The fraction of sp³-hybridized carbons (Fsp3) is 0.214. The van der Waals surface area contributed by atoms with Gasteiger partial charge in [0, 0.05) is 17.1 Å². The van der Waals surface area contributed by atoms with E-state index in [2.05, 4.69) is 20.9 Å². The number of nitrogens with two attached hydrogens (primary N) is 1. The third-order valence-corrected chi connectivity index (χ3v) is 3.39. The normalized spacial score (nSPS) is 10.3. The van der Waals surface area contributed by atoms with E-state index in [1.165, 1.54) is 0 Å². The predicted molar refractivity (Wildman–Crippen MR) is 77.2 cm³/mol. The smallest absolute Gasteiger partial charge is 0.213 e. The Labute approximate surface area is 120 Å². The largest absolute Gasteiger partial charge is 0.487 e. The fourth-order valence-electron chi connectivity index (χ4n) is 1.61. The first kappa shape index (κ1) is 13.8. The van der Waals surface area contributed by atoms with E-state index < -0.39 is 0 Å². The molecule has 1 aromatic heterocycles. The van der Waals surface area contributed by atoms with Gasteiger partial charge in [-0.05, 0) is 29.8 Å². The second kappa shape index (κ2) is 6.54. The van der Waals surface area contributed by atoms with Crippen LogP contribution in [-0.2, 0) is 13.2 Å². The third-order valence-electron chi connectivity index (χ3n) is 2.61. The van der Waals surface area contributed by atoms with Gasteiger partial charge >= 0.3 is 0 Å². The van der Waals surface area contributed by atoms with Crippen molar-refractivity contribution in [2.24, 2.45) is 5.73 Å². The summed E-state index contributed by atoms with van der Waals surface area (Å²) in [6.07, 6.45) is 0. The lowest BCUT2D eigenvalue weighted by Crippen LogP contribution is -2.01. The summed E-state index contributed by atoms with van der Waals surface area (Å²) in [6, 6.07) is 11.3. The summed E-state index contributed by atoms with van der Waals surface area (Å²) in [5, 5.41) is 0. The van der Waals surface area contributed by atoms with Gasteiger partial charge in [0.05, 0.1) is 12.8 Å². The molecule has 100 valence electrons. The molecule has 0 fully saturated rings. The Morgan fingerprint density at radius 3 is 2.84 bits per heavy atom. The maximum atomic E-state index is 5.69. The molecular weight excluding hydrogens is 308 g/mol. The van der Waals surface area contributed by atoms with Crippen LogP contribution in [0.1, 0.15) is 11.3 Å². The van der Waals surface area contributed by atoms with Gasteiger partial charge in [-0.3, -0.25) is 0 Å². The fourth-order valence-corrected chi connectivity index (χ4v) is 2.01. The van der Waals surface area contributed by atoms with Crippen LogP contribution in [0.25, 0.3) is 0 Å². The van der Waals surface area contributed by atoms with E-state index >= 15 is 0 Å². The average molecular weight is 323 g/mol. The lowest BCUT2D eigenvalue weighted by Gasteiger charge is -2.09. The molecule has 0 bridgehead atoms. The number of halogens is 1. The Bertz CT molecular complexity index is 561. The topological polar surface area (TPSA) is 57.4 Å². The van der Waals surface area contributed by atoms with Gasteiger partial charge in [0.1, 0.15) is 12.4 Å². The molecule has 1 aromatic carbocycles. The van der Waals surface area contributed by atoms with Gasteiger partial charge < -0.3 is 15.2 Å². The molecule has 2 rings (SSSR count). The average Bonchev–Trinajstić information content (AvgIpc) is 2.46. The van der Waals surface area contributed by atoms with Crippen LogP contribution in [0.2, 0.25) is 0 Å². The zero-order valence-electron chi connectivity index (χ0n) is 10.6. The second-order valence-corrected chi connectivity index (χ2v) is 4.77. The van der Waals surface area contributed by atoms with Gasteiger partial charge in [0.15, 0.2) is 0 Å². The molecule has 0 saturated heterocycles. The van der Waals surface area contributed by atoms with Crippen molar-refractivity contribution in [2.75, 3.05) is 7.11 Å². The molecule has 5 heteroatoms. The van der Waals surface area contributed by atoms with Crippen LogP contribution in [0.15, 0.2) is 40.9 Å². The minimum Gasteiger partial charge on any atom is -0.487 e. The van der Waals surface area contributed by atoms with Crippen LogP contribution in [0.5, 0.6) is 11.6 Å². The maximum Gasteiger partial charge on any atom is 0.213 e. The molecule has 0 aliphatic carbocycles. The van der Waals surface area contributed by atoms with Crippen LogP contribution >= 0.6 is 15.9 Å². The Hall–Kier alpha value is -1.59. The van der Waals surface area contributed by atoms with Crippen molar-refractivity contribution in [1.29, 1.82) is 0 Å². The minimum absolute atomic E-state index is 0.392. The Morgan fingerprint density at radius 1 is 1.26 bits per heavy atom. The van der Waals surface area contributed by atoms with Crippen molar-refractivity contribution in [2.45, 2.75) is 13.2 Å². The zero-order chi connectivity index (χ0) is 13.7. The highest BCUT2D eigenvalue weighted by Crippen LogP contribution is 2.22. The summed E-state index contributed by atoms with van der Waals surface area (Å²) in [7, 11) is 1.59. The number of methoxy groups -OCH3 is 1. The van der Waals surface area contributed by atoms with E-state index in [9.17, 15) is 0 Å². The molecule has 0 aliphatic heterocycles. The summed E-state index contributed by atoms with van der Waals surface area (Å²) in [4.78, 5) is 4.29. The molecule has 0 amide bonds. The number of rotatable bonds is 5. The Kier molecular flexibility index (Phi) is 4.76. The van der Waals surface area contributed by atoms with E-state index in [4.69, 9.17) is 15.2 Å². The number of hydrogen-bond donors (Lipinski definition) is 1. The van der Waals surface area contributed by atoms with E-state index in [0.717, 1.165) is 21.5 Å². The van der Waals surface area contributed by atoms with E-state index in [0.29, 0.717) is 19.0 Å². The highest BCUT2D eigenvalue weighted by atomic mass is 79.9.